The lowest BCUT2D eigenvalue weighted by molar-refractivity contribution is -0.115. The Morgan fingerprint density at radius 3 is 2.13 bits per heavy atom. The number of furan rings is 1. The Hall–Kier alpha value is -4.53. The minimum absolute atomic E-state index is 0.0602. The van der Waals surface area contributed by atoms with Crippen molar-refractivity contribution >= 4 is 43.0 Å². The van der Waals surface area contributed by atoms with Gasteiger partial charge < -0.3 is 27.9 Å². The summed E-state index contributed by atoms with van der Waals surface area (Å²) < 4.78 is 42.4. The Balaban J connectivity index is 1.36. The predicted octanol–water partition coefficient (Wildman–Crippen LogP) is 7.29. The van der Waals surface area contributed by atoms with E-state index in [1.165, 1.54) is 12.3 Å². The molecule has 4 aromatic rings. The van der Waals surface area contributed by atoms with Crippen LogP contribution in [-0.4, -0.2) is 37.4 Å². The normalized spacial score (nSPS) is 12.5. The molecule has 2 aromatic heterocycles. The summed E-state index contributed by atoms with van der Waals surface area (Å²) >= 11 is 5.60. The molecule has 0 atom stereocenters. The van der Waals surface area contributed by atoms with Gasteiger partial charge in [-0.1, -0.05) is 60.7 Å². The third-order valence-electron chi connectivity index (χ3n) is 6.91. The quantitative estimate of drug-likeness (QED) is 0.124. The summed E-state index contributed by atoms with van der Waals surface area (Å²) in [6.45, 7) is 6.12. The Kier molecular flexibility index (Phi) is 9.89. The number of fused-ring (bicyclic) bond motifs is 3. The number of nitrogens with one attached hydrogen (secondary N) is 2. The van der Waals surface area contributed by atoms with Gasteiger partial charge in [0.05, 0.1) is 23.0 Å². The number of carbonyl (C=O) groups excluding carboxylic acids is 2. The van der Waals surface area contributed by atoms with Crippen LogP contribution in [0, 0.1) is 15.8 Å². The molecule has 2 heterocycles. The zero-order chi connectivity index (χ0) is 33.0. The van der Waals surface area contributed by atoms with Crippen LogP contribution in [0.2, 0.25) is 0 Å². The lowest BCUT2D eigenvalue weighted by Crippen LogP contribution is -2.35. The molecule has 238 valence electrons. The molecule has 2 N–H and O–H groups in total. The van der Waals surface area contributed by atoms with Crippen molar-refractivity contribution in [3.05, 3.63) is 88.1 Å². The minimum atomic E-state index is -4.27. The third kappa shape index (κ3) is 6.83. The Labute approximate surface area is 271 Å². The Bertz CT molecular complexity index is 1850. The van der Waals surface area contributed by atoms with Crippen molar-refractivity contribution in [1.29, 1.82) is 5.26 Å². The number of alkyl carbamates (subject to hydrolysis) is 1. The second kappa shape index (κ2) is 13.8. The van der Waals surface area contributed by atoms with Crippen LogP contribution < -0.4 is 15.9 Å². The molecule has 0 fully saturated rings. The summed E-state index contributed by atoms with van der Waals surface area (Å²) in [5.41, 5.74) is 4.11. The number of nitriles is 1. The smallest absolute Gasteiger partial charge is 0.407 e. The molecule has 0 saturated heterocycles. The van der Waals surface area contributed by atoms with Gasteiger partial charge in [-0.3, -0.25) is 14.7 Å². The molecular formula is C33H32N3O8PS. The molecule has 5 rings (SSSR count). The van der Waals surface area contributed by atoms with E-state index in [1.807, 2.05) is 54.6 Å². The van der Waals surface area contributed by atoms with Gasteiger partial charge in [-0.2, -0.15) is 5.26 Å². The first kappa shape index (κ1) is 32.9. The van der Waals surface area contributed by atoms with Crippen molar-refractivity contribution in [1.82, 2.24) is 5.32 Å². The molecule has 0 bridgehead atoms. The molecule has 11 nitrogen and oxygen atoms in total. The minimum Gasteiger partial charge on any atom is -0.461 e. The SMILES string of the molecule is CC(C)OP(=O)(OC(C)C)c1c(NC(=O)CNC(=O)OCC2c3ccccc3-c3ccccc32)oc(-c2ccco2)c(C#N)c1=S. The summed E-state index contributed by atoms with van der Waals surface area (Å²) in [7, 11) is -4.27. The molecule has 1 aliphatic rings. The molecule has 0 unspecified atom stereocenters. The predicted molar refractivity (Wildman–Crippen MR) is 173 cm³/mol. The van der Waals surface area contributed by atoms with Crippen LogP contribution in [0.5, 0.6) is 0 Å². The number of nitrogens with zero attached hydrogens (tertiary/aromatic N) is 1. The maximum Gasteiger partial charge on any atom is 0.407 e. The first-order valence-electron chi connectivity index (χ1n) is 14.5. The van der Waals surface area contributed by atoms with E-state index in [0.29, 0.717) is 0 Å². The average Bonchev–Trinajstić information content (AvgIpc) is 3.65. The lowest BCUT2D eigenvalue weighted by atomic mass is 9.98. The van der Waals surface area contributed by atoms with Crippen molar-refractivity contribution in [3.8, 4) is 28.7 Å². The van der Waals surface area contributed by atoms with Crippen LogP contribution in [0.25, 0.3) is 22.6 Å². The average molecular weight is 662 g/mol. The number of ether oxygens (including phenoxy) is 1. The second-order valence-corrected chi connectivity index (χ2v) is 13.2. The molecule has 0 spiro atoms. The van der Waals surface area contributed by atoms with E-state index >= 15 is 0 Å². The van der Waals surface area contributed by atoms with Gasteiger partial charge >= 0.3 is 13.7 Å². The van der Waals surface area contributed by atoms with Crippen molar-refractivity contribution in [2.24, 2.45) is 0 Å². The molecule has 46 heavy (non-hydrogen) atoms. The van der Waals surface area contributed by atoms with Crippen molar-refractivity contribution in [2.75, 3.05) is 18.5 Å². The van der Waals surface area contributed by atoms with Crippen LogP contribution in [0.15, 0.2) is 75.8 Å². The zero-order valence-electron chi connectivity index (χ0n) is 25.6. The van der Waals surface area contributed by atoms with E-state index in [1.54, 1.807) is 33.8 Å². The van der Waals surface area contributed by atoms with Gasteiger partial charge in [0.15, 0.2) is 11.5 Å². The molecule has 2 aromatic carbocycles. The van der Waals surface area contributed by atoms with E-state index < -0.39 is 38.3 Å². The van der Waals surface area contributed by atoms with Crippen LogP contribution in [0.3, 0.4) is 0 Å². The van der Waals surface area contributed by atoms with Crippen molar-refractivity contribution in [2.45, 2.75) is 45.8 Å². The molecule has 0 aliphatic heterocycles. The van der Waals surface area contributed by atoms with Gasteiger partial charge in [0, 0.05) is 5.92 Å². The maximum absolute atomic E-state index is 14.2. The van der Waals surface area contributed by atoms with Crippen molar-refractivity contribution < 1.29 is 36.8 Å². The first-order chi connectivity index (χ1) is 22.0. The van der Waals surface area contributed by atoms with Gasteiger partial charge in [0.1, 0.15) is 30.1 Å². The highest BCUT2D eigenvalue weighted by molar-refractivity contribution is 7.73. The second-order valence-electron chi connectivity index (χ2n) is 10.9. The van der Waals surface area contributed by atoms with Crippen LogP contribution in [0.4, 0.5) is 10.7 Å². The Morgan fingerprint density at radius 1 is 0.978 bits per heavy atom. The van der Waals surface area contributed by atoms with Gasteiger partial charge in [-0.25, -0.2) is 4.79 Å². The van der Waals surface area contributed by atoms with Gasteiger partial charge in [0.25, 0.3) is 0 Å². The van der Waals surface area contributed by atoms with Gasteiger partial charge in [0.2, 0.25) is 11.8 Å². The number of anilines is 1. The fourth-order valence-electron chi connectivity index (χ4n) is 5.20. The van der Waals surface area contributed by atoms with E-state index in [4.69, 9.17) is 34.8 Å². The summed E-state index contributed by atoms with van der Waals surface area (Å²) in [5, 5.41) is 14.6. The molecule has 13 heteroatoms. The third-order valence-corrected chi connectivity index (χ3v) is 9.84. The first-order valence-corrected chi connectivity index (χ1v) is 16.5. The highest BCUT2D eigenvalue weighted by Crippen LogP contribution is 2.52. The number of amides is 2. The monoisotopic (exact) mass is 661 g/mol. The highest BCUT2D eigenvalue weighted by atomic mass is 32.1. The zero-order valence-corrected chi connectivity index (χ0v) is 27.3. The van der Waals surface area contributed by atoms with E-state index in [-0.39, 0.29) is 45.3 Å². The number of carbonyl (C=O) groups is 2. The number of hydrogen-bond donors (Lipinski definition) is 2. The van der Waals surface area contributed by atoms with Crippen molar-refractivity contribution in [3.63, 3.8) is 0 Å². The maximum atomic E-state index is 14.2. The van der Waals surface area contributed by atoms with Crippen LogP contribution >= 0.6 is 19.8 Å². The van der Waals surface area contributed by atoms with Gasteiger partial charge in [-0.15, -0.1) is 0 Å². The van der Waals surface area contributed by atoms with Crippen LogP contribution in [-0.2, 0) is 23.1 Å². The van der Waals surface area contributed by atoms with E-state index in [0.717, 1.165) is 22.3 Å². The fourth-order valence-corrected chi connectivity index (χ4v) is 7.85. The summed E-state index contributed by atoms with van der Waals surface area (Å²) in [6, 6.07) is 20.9. The molecule has 1 aliphatic carbocycles. The van der Waals surface area contributed by atoms with E-state index in [2.05, 4.69) is 10.6 Å². The summed E-state index contributed by atoms with van der Waals surface area (Å²) in [4.78, 5) is 25.9. The molecule has 0 saturated carbocycles. The number of rotatable bonds is 11. The molecular weight excluding hydrogens is 629 g/mol. The summed E-state index contributed by atoms with van der Waals surface area (Å²) in [6.07, 6.45) is -0.624. The van der Waals surface area contributed by atoms with Gasteiger partial charge in [-0.05, 0) is 62.1 Å². The standard InChI is InChI=1S/C33H32N3O8PS/c1-19(2)43-45(39,44-20(3)4)30-31(46)25(16-34)29(27-14-9-15-40-27)42-32(30)36-28(37)17-35-33(38)41-18-26-23-12-7-5-10-21(23)22-11-6-8-13-24(22)26/h5-15,19-20,26H,17-18H2,1-4H3,(H,35,38)(H,36,37). The topological polar surface area (TPSA) is 153 Å². The number of hydrogen-bond acceptors (Lipinski definition) is 10. The fraction of sp³-hybridized carbons (Fsp3) is 0.273. The van der Waals surface area contributed by atoms with E-state index in [9.17, 15) is 19.4 Å². The molecule has 2 amide bonds. The van der Waals surface area contributed by atoms with Crippen LogP contribution in [0.1, 0.15) is 50.3 Å². The Morgan fingerprint density at radius 2 is 1.59 bits per heavy atom. The molecule has 0 radical (unpaired) electrons. The number of benzene rings is 2. The lowest BCUT2D eigenvalue weighted by Gasteiger charge is -2.24. The summed E-state index contributed by atoms with van der Waals surface area (Å²) in [5.74, 6) is -1.25. The largest absolute Gasteiger partial charge is 0.461 e. The highest BCUT2D eigenvalue weighted by Gasteiger charge is 2.39.